The second kappa shape index (κ2) is 5.44. The SMILES string of the molecule is CCNc1nc(CCC(=O)O)nc2ccccc12. The molecule has 2 N–H and O–H groups in total. The lowest BCUT2D eigenvalue weighted by atomic mass is 10.2. The van der Waals surface area contributed by atoms with E-state index in [9.17, 15) is 4.79 Å². The maximum absolute atomic E-state index is 10.6. The molecular weight excluding hydrogens is 230 g/mol. The summed E-state index contributed by atoms with van der Waals surface area (Å²) in [5, 5.41) is 12.8. The minimum Gasteiger partial charge on any atom is -0.481 e. The average Bonchev–Trinajstić information content (AvgIpc) is 2.37. The molecule has 0 saturated carbocycles. The monoisotopic (exact) mass is 245 g/mol. The number of rotatable bonds is 5. The summed E-state index contributed by atoms with van der Waals surface area (Å²) in [6, 6.07) is 7.70. The van der Waals surface area contributed by atoms with Gasteiger partial charge in [-0.3, -0.25) is 4.79 Å². The molecule has 0 unspecified atom stereocenters. The van der Waals surface area contributed by atoms with E-state index in [0.717, 1.165) is 23.3 Å². The molecule has 0 saturated heterocycles. The van der Waals surface area contributed by atoms with Gasteiger partial charge in [-0.2, -0.15) is 0 Å². The van der Waals surface area contributed by atoms with Crippen LogP contribution < -0.4 is 5.32 Å². The van der Waals surface area contributed by atoms with E-state index in [1.807, 2.05) is 31.2 Å². The zero-order valence-electron chi connectivity index (χ0n) is 10.2. The Bertz CT molecular complexity index is 569. The molecule has 5 heteroatoms. The highest BCUT2D eigenvalue weighted by atomic mass is 16.4. The number of nitrogens with one attached hydrogen (secondary N) is 1. The van der Waals surface area contributed by atoms with Crippen molar-refractivity contribution < 1.29 is 9.90 Å². The van der Waals surface area contributed by atoms with E-state index in [4.69, 9.17) is 5.11 Å². The topological polar surface area (TPSA) is 75.1 Å². The van der Waals surface area contributed by atoms with Crippen LogP contribution in [0, 0.1) is 0 Å². The van der Waals surface area contributed by atoms with Crippen molar-refractivity contribution >= 4 is 22.7 Å². The summed E-state index contributed by atoms with van der Waals surface area (Å²) in [7, 11) is 0. The fourth-order valence-electron chi connectivity index (χ4n) is 1.76. The van der Waals surface area contributed by atoms with Gasteiger partial charge in [0.05, 0.1) is 11.9 Å². The number of nitrogens with zero attached hydrogens (tertiary/aromatic N) is 2. The molecule has 0 bridgehead atoms. The van der Waals surface area contributed by atoms with Gasteiger partial charge in [-0.25, -0.2) is 9.97 Å². The van der Waals surface area contributed by atoms with Gasteiger partial charge in [0, 0.05) is 18.4 Å². The molecule has 0 atom stereocenters. The Labute approximate surface area is 105 Å². The summed E-state index contributed by atoms with van der Waals surface area (Å²) in [6.07, 6.45) is 0.391. The second-order valence-electron chi connectivity index (χ2n) is 3.93. The van der Waals surface area contributed by atoms with Crippen molar-refractivity contribution in [2.24, 2.45) is 0 Å². The first-order chi connectivity index (χ1) is 8.70. The van der Waals surface area contributed by atoms with Gasteiger partial charge in [-0.05, 0) is 19.1 Å². The minimum absolute atomic E-state index is 0.0455. The van der Waals surface area contributed by atoms with E-state index >= 15 is 0 Å². The zero-order valence-corrected chi connectivity index (χ0v) is 10.2. The number of carboxylic acid groups (broad SMARTS) is 1. The summed E-state index contributed by atoms with van der Waals surface area (Å²) in [5.74, 6) is 0.493. The first kappa shape index (κ1) is 12.3. The highest BCUT2D eigenvalue weighted by Crippen LogP contribution is 2.20. The highest BCUT2D eigenvalue weighted by molar-refractivity contribution is 5.89. The lowest BCUT2D eigenvalue weighted by molar-refractivity contribution is -0.137. The molecule has 0 radical (unpaired) electrons. The quantitative estimate of drug-likeness (QED) is 0.843. The van der Waals surface area contributed by atoms with Crippen molar-refractivity contribution in [1.82, 2.24) is 9.97 Å². The van der Waals surface area contributed by atoms with Crippen molar-refractivity contribution in [3.05, 3.63) is 30.1 Å². The lowest BCUT2D eigenvalue weighted by Crippen LogP contribution is -2.06. The van der Waals surface area contributed by atoms with Gasteiger partial charge in [-0.15, -0.1) is 0 Å². The highest BCUT2D eigenvalue weighted by Gasteiger charge is 2.08. The van der Waals surface area contributed by atoms with Gasteiger partial charge in [-0.1, -0.05) is 12.1 Å². The minimum atomic E-state index is -0.836. The number of aliphatic carboxylic acids is 1. The number of anilines is 1. The number of benzene rings is 1. The van der Waals surface area contributed by atoms with Crippen LogP contribution in [0.4, 0.5) is 5.82 Å². The third-order valence-corrected chi connectivity index (χ3v) is 2.56. The zero-order chi connectivity index (χ0) is 13.0. The first-order valence-corrected chi connectivity index (χ1v) is 5.92. The molecule has 0 spiro atoms. The smallest absolute Gasteiger partial charge is 0.303 e. The van der Waals surface area contributed by atoms with Gasteiger partial charge in [0.15, 0.2) is 0 Å². The number of hydrogen-bond acceptors (Lipinski definition) is 4. The molecule has 0 amide bonds. The maximum Gasteiger partial charge on any atom is 0.303 e. The van der Waals surface area contributed by atoms with Crippen LogP contribution in [-0.2, 0) is 11.2 Å². The third-order valence-electron chi connectivity index (χ3n) is 2.56. The number of carbonyl (C=O) groups is 1. The summed E-state index contributed by atoms with van der Waals surface area (Å²) in [5.41, 5.74) is 0.837. The van der Waals surface area contributed by atoms with Crippen LogP contribution in [0.3, 0.4) is 0 Å². The van der Waals surface area contributed by atoms with E-state index in [0.29, 0.717) is 12.2 Å². The van der Waals surface area contributed by atoms with Crippen molar-refractivity contribution in [1.29, 1.82) is 0 Å². The van der Waals surface area contributed by atoms with Crippen molar-refractivity contribution in [2.45, 2.75) is 19.8 Å². The third kappa shape index (κ3) is 2.74. The Balaban J connectivity index is 2.40. The summed E-state index contributed by atoms with van der Waals surface area (Å²) in [6.45, 7) is 2.76. The number of aryl methyl sites for hydroxylation is 1. The largest absolute Gasteiger partial charge is 0.481 e. The Morgan fingerprint density at radius 2 is 2.11 bits per heavy atom. The molecule has 1 aromatic carbocycles. The second-order valence-corrected chi connectivity index (χ2v) is 3.93. The molecule has 1 aromatic heterocycles. The predicted octanol–water partition coefficient (Wildman–Crippen LogP) is 2.08. The Hall–Kier alpha value is -2.17. The Morgan fingerprint density at radius 3 is 2.83 bits per heavy atom. The van der Waals surface area contributed by atoms with Crippen LogP contribution >= 0.6 is 0 Å². The maximum atomic E-state index is 10.6. The van der Waals surface area contributed by atoms with Crippen LogP contribution in [0.15, 0.2) is 24.3 Å². The molecule has 18 heavy (non-hydrogen) atoms. The number of carboxylic acids is 1. The standard InChI is InChI=1S/C13H15N3O2/c1-2-14-13-9-5-3-4-6-10(9)15-11(16-13)7-8-12(17)18/h3-6H,2,7-8H2,1H3,(H,17,18)(H,14,15,16). The molecule has 0 aliphatic heterocycles. The lowest BCUT2D eigenvalue weighted by Gasteiger charge is -2.08. The van der Waals surface area contributed by atoms with Gasteiger partial charge in [0.25, 0.3) is 0 Å². The van der Waals surface area contributed by atoms with E-state index in [2.05, 4.69) is 15.3 Å². The normalized spacial score (nSPS) is 10.5. The van der Waals surface area contributed by atoms with Crippen LogP contribution in [0.25, 0.3) is 10.9 Å². The van der Waals surface area contributed by atoms with Crippen molar-refractivity contribution in [2.75, 3.05) is 11.9 Å². The van der Waals surface area contributed by atoms with Crippen LogP contribution in [0.5, 0.6) is 0 Å². The Kier molecular flexibility index (Phi) is 3.72. The van der Waals surface area contributed by atoms with Crippen LogP contribution in [0.1, 0.15) is 19.2 Å². The van der Waals surface area contributed by atoms with Crippen LogP contribution in [0.2, 0.25) is 0 Å². The number of fused-ring (bicyclic) bond motifs is 1. The van der Waals surface area contributed by atoms with Gasteiger partial charge in [0.1, 0.15) is 11.6 Å². The van der Waals surface area contributed by atoms with E-state index in [1.54, 1.807) is 0 Å². The summed E-state index contributed by atoms with van der Waals surface area (Å²) in [4.78, 5) is 19.3. The molecule has 5 nitrogen and oxygen atoms in total. The van der Waals surface area contributed by atoms with E-state index in [-0.39, 0.29) is 6.42 Å². The molecule has 1 heterocycles. The predicted molar refractivity (Wildman–Crippen MR) is 69.7 cm³/mol. The molecule has 0 aliphatic rings. The van der Waals surface area contributed by atoms with Crippen molar-refractivity contribution in [3.8, 4) is 0 Å². The number of para-hydroxylation sites is 1. The molecule has 0 fully saturated rings. The molecule has 2 aromatic rings. The fraction of sp³-hybridized carbons (Fsp3) is 0.308. The molecule has 0 aliphatic carbocycles. The fourth-order valence-corrected chi connectivity index (χ4v) is 1.76. The first-order valence-electron chi connectivity index (χ1n) is 5.92. The average molecular weight is 245 g/mol. The number of hydrogen-bond donors (Lipinski definition) is 2. The number of aromatic nitrogens is 2. The summed E-state index contributed by atoms with van der Waals surface area (Å²) < 4.78 is 0. The molecule has 94 valence electrons. The van der Waals surface area contributed by atoms with Gasteiger partial charge in [0.2, 0.25) is 0 Å². The van der Waals surface area contributed by atoms with Crippen molar-refractivity contribution in [3.63, 3.8) is 0 Å². The van der Waals surface area contributed by atoms with E-state index in [1.165, 1.54) is 0 Å². The van der Waals surface area contributed by atoms with E-state index < -0.39 is 5.97 Å². The van der Waals surface area contributed by atoms with Gasteiger partial charge < -0.3 is 10.4 Å². The molecular formula is C13H15N3O2. The Morgan fingerprint density at radius 1 is 1.33 bits per heavy atom. The summed E-state index contributed by atoms with van der Waals surface area (Å²) >= 11 is 0. The van der Waals surface area contributed by atoms with Gasteiger partial charge >= 0.3 is 5.97 Å². The van der Waals surface area contributed by atoms with Crippen LogP contribution in [-0.4, -0.2) is 27.6 Å². The molecule has 2 rings (SSSR count).